The van der Waals surface area contributed by atoms with E-state index >= 15 is 0 Å². The van der Waals surface area contributed by atoms with E-state index in [4.69, 9.17) is 19.6 Å². The van der Waals surface area contributed by atoms with Crippen LogP contribution in [-0.2, 0) is 0 Å². The number of benzene rings is 3. The van der Waals surface area contributed by atoms with E-state index < -0.39 is 5.63 Å². The molecule has 4 aromatic rings. The fourth-order valence-electron chi connectivity index (χ4n) is 3.42. The number of hydrogen-bond acceptors (Lipinski definition) is 6. The van der Waals surface area contributed by atoms with Crippen LogP contribution in [0.4, 0.5) is 5.69 Å². The summed E-state index contributed by atoms with van der Waals surface area (Å²) in [4.78, 5) is 12.5. The molecule has 0 bridgehead atoms. The van der Waals surface area contributed by atoms with Gasteiger partial charge in [-0.15, -0.1) is 0 Å². The van der Waals surface area contributed by atoms with E-state index in [9.17, 15) is 10.1 Å². The Bertz CT molecular complexity index is 1330. The molecule has 6 nitrogen and oxygen atoms in total. The quantitative estimate of drug-likeness (QED) is 0.330. The van der Waals surface area contributed by atoms with Crippen LogP contribution in [0.15, 0.2) is 57.7 Å². The molecule has 1 heterocycles. The molecule has 0 aliphatic carbocycles. The number of nitrogen functional groups attached to an aromatic ring is 1. The van der Waals surface area contributed by atoms with E-state index in [0.29, 0.717) is 28.0 Å². The van der Waals surface area contributed by atoms with Crippen molar-refractivity contribution in [3.05, 3.63) is 64.5 Å². The molecule has 138 valence electrons. The predicted octanol–water partition coefficient (Wildman–Crippen LogP) is 4.08. The third-order valence-corrected chi connectivity index (χ3v) is 4.76. The molecule has 0 unspecified atom stereocenters. The Balaban J connectivity index is 2.14. The van der Waals surface area contributed by atoms with Gasteiger partial charge in [0.1, 0.15) is 11.7 Å². The van der Waals surface area contributed by atoms with Crippen molar-refractivity contribution >= 4 is 27.4 Å². The van der Waals surface area contributed by atoms with Crippen molar-refractivity contribution in [1.82, 2.24) is 0 Å². The Morgan fingerprint density at radius 1 is 1.00 bits per heavy atom. The lowest BCUT2D eigenvalue weighted by Crippen LogP contribution is -2.06. The second kappa shape index (κ2) is 6.63. The Morgan fingerprint density at radius 3 is 2.46 bits per heavy atom. The smallest absolute Gasteiger partial charge is 0.346 e. The maximum absolute atomic E-state index is 12.5. The summed E-state index contributed by atoms with van der Waals surface area (Å²) in [7, 11) is 3.10. The van der Waals surface area contributed by atoms with Gasteiger partial charge >= 0.3 is 5.63 Å². The molecule has 3 aromatic carbocycles. The number of nitrogens with two attached hydrogens (primary N) is 1. The SMILES string of the molecule is COc1ccc(-c2cc3c(c(N)c2C#N)c(=O)oc2ccccc23)cc1OC. The van der Waals surface area contributed by atoms with Gasteiger partial charge in [-0.05, 0) is 29.8 Å². The summed E-state index contributed by atoms with van der Waals surface area (Å²) in [6.07, 6.45) is 0. The average Bonchev–Trinajstić information content (AvgIpc) is 2.72. The van der Waals surface area contributed by atoms with Gasteiger partial charge in [-0.2, -0.15) is 5.26 Å². The van der Waals surface area contributed by atoms with Crippen molar-refractivity contribution < 1.29 is 13.9 Å². The average molecular weight is 372 g/mol. The van der Waals surface area contributed by atoms with Crippen molar-refractivity contribution in [3.8, 4) is 28.7 Å². The highest BCUT2D eigenvalue weighted by atomic mass is 16.5. The van der Waals surface area contributed by atoms with Gasteiger partial charge < -0.3 is 19.6 Å². The summed E-state index contributed by atoms with van der Waals surface area (Å²) in [5, 5.41) is 11.3. The summed E-state index contributed by atoms with van der Waals surface area (Å²) < 4.78 is 16.0. The number of para-hydroxylation sites is 1. The lowest BCUT2D eigenvalue weighted by Gasteiger charge is -2.14. The molecule has 2 N–H and O–H groups in total. The Kier molecular flexibility index (Phi) is 4.13. The van der Waals surface area contributed by atoms with Crippen LogP contribution in [-0.4, -0.2) is 14.2 Å². The zero-order valence-electron chi connectivity index (χ0n) is 15.3. The number of hydrogen-bond donors (Lipinski definition) is 1. The molecule has 0 atom stereocenters. The lowest BCUT2D eigenvalue weighted by molar-refractivity contribution is 0.355. The first-order valence-electron chi connectivity index (χ1n) is 8.49. The molecule has 0 radical (unpaired) electrons. The van der Waals surface area contributed by atoms with E-state index in [2.05, 4.69) is 6.07 Å². The standard InChI is InChI=1S/C22H16N2O4/c1-26-18-8-7-12(9-19(18)27-2)14-10-15-13-5-3-4-6-17(13)28-22(25)20(15)21(24)16(14)11-23/h3-10H,24H2,1-2H3. The van der Waals surface area contributed by atoms with Crippen molar-refractivity contribution in [2.75, 3.05) is 20.0 Å². The van der Waals surface area contributed by atoms with Crippen molar-refractivity contribution in [2.24, 2.45) is 0 Å². The molecule has 1 aromatic heterocycles. The van der Waals surface area contributed by atoms with Gasteiger partial charge in [-0.1, -0.05) is 24.3 Å². The minimum Gasteiger partial charge on any atom is -0.493 e. The highest BCUT2D eigenvalue weighted by molar-refractivity contribution is 6.11. The third-order valence-electron chi connectivity index (χ3n) is 4.76. The minimum absolute atomic E-state index is 0.101. The van der Waals surface area contributed by atoms with Gasteiger partial charge in [-0.3, -0.25) is 0 Å². The first kappa shape index (κ1) is 17.4. The topological polar surface area (TPSA) is 98.5 Å². The van der Waals surface area contributed by atoms with E-state index in [1.807, 2.05) is 18.2 Å². The summed E-state index contributed by atoms with van der Waals surface area (Å²) >= 11 is 0. The van der Waals surface area contributed by atoms with Gasteiger partial charge in [0.15, 0.2) is 11.5 Å². The van der Waals surface area contributed by atoms with Crippen molar-refractivity contribution in [1.29, 1.82) is 5.26 Å². The summed E-state index contributed by atoms with van der Waals surface area (Å²) in [6, 6.07) is 16.5. The third kappa shape index (κ3) is 2.53. The number of methoxy groups -OCH3 is 2. The number of anilines is 1. The lowest BCUT2D eigenvalue weighted by atomic mass is 9.93. The van der Waals surface area contributed by atoms with Crippen LogP contribution in [0.5, 0.6) is 11.5 Å². The van der Waals surface area contributed by atoms with Crippen molar-refractivity contribution in [2.45, 2.75) is 0 Å². The van der Waals surface area contributed by atoms with Crippen molar-refractivity contribution in [3.63, 3.8) is 0 Å². The van der Waals surface area contributed by atoms with Gasteiger partial charge in [0, 0.05) is 16.3 Å². The zero-order valence-corrected chi connectivity index (χ0v) is 15.3. The van der Waals surface area contributed by atoms with E-state index in [0.717, 1.165) is 10.9 Å². The summed E-state index contributed by atoms with van der Waals surface area (Å²) in [6.45, 7) is 0. The fraction of sp³-hybridized carbons (Fsp3) is 0.0909. The Labute approximate surface area is 160 Å². The predicted molar refractivity (Wildman–Crippen MR) is 108 cm³/mol. The maximum atomic E-state index is 12.5. The highest BCUT2D eigenvalue weighted by Crippen LogP contribution is 2.38. The van der Waals surface area contributed by atoms with E-state index in [1.54, 1.807) is 44.6 Å². The van der Waals surface area contributed by atoms with Gasteiger partial charge in [-0.25, -0.2) is 4.79 Å². The number of rotatable bonds is 3. The first-order valence-corrected chi connectivity index (χ1v) is 8.49. The number of nitrogens with zero attached hydrogens (tertiary/aromatic N) is 1. The van der Waals surface area contributed by atoms with E-state index in [1.165, 1.54) is 0 Å². The molecule has 0 saturated heterocycles. The molecule has 0 fully saturated rings. The normalized spacial score (nSPS) is 10.8. The molecule has 4 rings (SSSR count). The van der Waals surface area contributed by atoms with Crippen LogP contribution in [0, 0.1) is 11.3 Å². The fourth-order valence-corrected chi connectivity index (χ4v) is 3.42. The van der Waals surface area contributed by atoms with Crippen LogP contribution < -0.4 is 20.8 Å². The molecule has 0 aliphatic heterocycles. The molecule has 6 heteroatoms. The largest absolute Gasteiger partial charge is 0.493 e. The molecular weight excluding hydrogens is 356 g/mol. The van der Waals surface area contributed by atoms with Crippen LogP contribution in [0.3, 0.4) is 0 Å². The molecule has 0 amide bonds. The summed E-state index contributed by atoms with van der Waals surface area (Å²) in [5.41, 5.74) is 7.78. The maximum Gasteiger partial charge on any atom is 0.346 e. The molecular formula is C22H16N2O4. The Hall–Kier alpha value is -3.98. The van der Waals surface area contributed by atoms with Crippen LogP contribution >= 0.6 is 0 Å². The summed E-state index contributed by atoms with van der Waals surface area (Å²) in [5.74, 6) is 1.10. The first-order chi connectivity index (χ1) is 13.6. The van der Waals surface area contributed by atoms with Gasteiger partial charge in [0.2, 0.25) is 0 Å². The van der Waals surface area contributed by atoms with Crippen LogP contribution in [0.25, 0.3) is 32.9 Å². The van der Waals surface area contributed by atoms with Gasteiger partial charge in [0.25, 0.3) is 0 Å². The molecule has 0 aliphatic rings. The van der Waals surface area contributed by atoms with Crippen LogP contribution in [0.2, 0.25) is 0 Å². The second-order valence-electron chi connectivity index (χ2n) is 6.20. The molecule has 0 saturated carbocycles. The molecule has 0 spiro atoms. The monoisotopic (exact) mass is 372 g/mol. The highest BCUT2D eigenvalue weighted by Gasteiger charge is 2.19. The van der Waals surface area contributed by atoms with Gasteiger partial charge in [0.05, 0.1) is 30.9 Å². The van der Waals surface area contributed by atoms with E-state index in [-0.39, 0.29) is 16.6 Å². The number of ether oxygens (including phenoxy) is 2. The Morgan fingerprint density at radius 2 is 1.75 bits per heavy atom. The second-order valence-corrected chi connectivity index (χ2v) is 6.20. The number of nitriles is 1. The molecule has 28 heavy (non-hydrogen) atoms. The minimum atomic E-state index is -0.568. The zero-order chi connectivity index (χ0) is 19.8. The van der Waals surface area contributed by atoms with Crippen LogP contribution in [0.1, 0.15) is 5.56 Å². The number of fused-ring (bicyclic) bond motifs is 3.